The van der Waals surface area contributed by atoms with Gasteiger partial charge in [0.15, 0.2) is 0 Å². The summed E-state index contributed by atoms with van der Waals surface area (Å²) in [5.41, 5.74) is 3.89. The van der Waals surface area contributed by atoms with Crippen LogP contribution in [0.4, 0.5) is 0 Å². The van der Waals surface area contributed by atoms with E-state index in [9.17, 15) is 9.59 Å². The smallest absolute Gasteiger partial charge is 0.283 e. The van der Waals surface area contributed by atoms with Gasteiger partial charge in [0.1, 0.15) is 0 Å². The Balaban J connectivity index is 2.01. The molecule has 0 aliphatic carbocycles. The van der Waals surface area contributed by atoms with Crippen LogP contribution in [0.25, 0.3) is 22.5 Å². The minimum Gasteiger partial charge on any atom is -0.287 e. The molecule has 0 aliphatic rings. The second-order valence-corrected chi connectivity index (χ2v) is 6.73. The van der Waals surface area contributed by atoms with Crippen LogP contribution in [0.2, 0.25) is 0 Å². The summed E-state index contributed by atoms with van der Waals surface area (Å²) in [4.78, 5) is 34.4. The van der Waals surface area contributed by atoms with E-state index in [0.717, 1.165) is 22.6 Å². The normalized spacial score (nSPS) is 11.3. The number of aromatic nitrogens is 5. The van der Waals surface area contributed by atoms with Crippen LogP contribution in [-0.4, -0.2) is 24.3 Å². The molecular formula is C20H19N5O2. The standard InChI is InChI=1S/C20H19N5O2/c1-11-5-7-15(8-6-11)24-14(4)18-16(10-17(24)26)23-25(19(18)27)20-21-12(2)9-13(3)22-20/h5-10,23H,1-4H3. The van der Waals surface area contributed by atoms with E-state index in [1.165, 1.54) is 10.7 Å². The van der Waals surface area contributed by atoms with Crippen LogP contribution in [0.5, 0.6) is 0 Å². The number of hydrogen-bond acceptors (Lipinski definition) is 4. The molecule has 0 unspecified atom stereocenters. The Morgan fingerprint density at radius 2 is 1.52 bits per heavy atom. The molecule has 0 aliphatic heterocycles. The van der Waals surface area contributed by atoms with Crippen molar-refractivity contribution in [2.75, 3.05) is 0 Å². The lowest BCUT2D eigenvalue weighted by Gasteiger charge is -2.10. The molecule has 7 nitrogen and oxygen atoms in total. The zero-order chi connectivity index (χ0) is 19.3. The molecule has 0 spiro atoms. The third-order valence-corrected chi connectivity index (χ3v) is 4.57. The van der Waals surface area contributed by atoms with E-state index < -0.39 is 0 Å². The average molecular weight is 361 g/mol. The van der Waals surface area contributed by atoms with Crippen molar-refractivity contribution in [1.82, 2.24) is 24.3 Å². The molecule has 3 aromatic heterocycles. The van der Waals surface area contributed by atoms with Crippen LogP contribution >= 0.6 is 0 Å². The zero-order valence-corrected chi connectivity index (χ0v) is 15.6. The molecule has 0 atom stereocenters. The molecule has 4 aromatic rings. The summed E-state index contributed by atoms with van der Waals surface area (Å²) in [6, 6.07) is 10.9. The largest absolute Gasteiger partial charge is 0.287 e. The van der Waals surface area contributed by atoms with Crippen molar-refractivity contribution in [3.05, 3.63) is 79.8 Å². The van der Waals surface area contributed by atoms with E-state index in [1.807, 2.05) is 51.1 Å². The highest BCUT2D eigenvalue weighted by atomic mass is 16.1. The highest BCUT2D eigenvalue weighted by molar-refractivity contribution is 5.81. The molecule has 0 fully saturated rings. The van der Waals surface area contributed by atoms with Crippen LogP contribution in [0, 0.1) is 27.7 Å². The molecule has 7 heteroatoms. The summed E-state index contributed by atoms with van der Waals surface area (Å²) in [6.07, 6.45) is 0. The highest BCUT2D eigenvalue weighted by Crippen LogP contribution is 2.16. The molecule has 0 saturated heterocycles. The Morgan fingerprint density at radius 3 is 2.15 bits per heavy atom. The number of H-pyrrole nitrogens is 1. The van der Waals surface area contributed by atoms with Gasteiger partial charge in [-0.3, -0.25) is 19.3 Å². The quantitative estimate of drug-likeness (QED) is 0.594. The summed E-state index contributed by atoms with van der Waals surface area (Å²) >= 11 is 0. The Morgan fingerprint density at radius 1 is 0.889 bits per heavy atom. The van der Waals surface area contributed by atoms with Gasteiger partial charge in [-0.1, -0.05) is 17.7 Å². The molecule has 0 bridgehead atoms. The summed E-state index contributed by atoms with van der Waals surface area (Å²) < 4.78 is 2.83. The number of nitrogens with one attached hydrogen (secondary N) is 1. The predicted octanol–water partition coefficient (Wildman–Crippen LogP) is 2.49. The number of rotatable bonds is 2. The molecule has 1 N–H and O–H groups in total. The van der Waals surface area contributed by atoms with E-state index in [4.69, 9.17) is 0 Å². The summed E-state index contributed by atoms with van der Waals surface area (Å²) in [5, 5.41) is 3.41. The molecule has 27 heavy (non-hydrogen) atoms. The van der Waals surface area contributed by atoms with Crippen LogP contribution in [-0.2, 0) is 0 Å². The van der Waals surface area contributed by atoms with E-state index >= 15 is 0 Å². The van der Waals surface area contributed by atoms with Gasteiger partial charge in [0, 0.05) is 28.8 Å². The van der Waals surface area contributed by atoms with Crippen molar-refractivity contribution < 1.29 is 0 Å². The van der Waals surface area contributed by atoms with Crippen molar-refractivity contribution >= 4 is 10.9 Å². The second kappa shape index (κ2) is 6.05. The fourth-order valence-electron chi connectivity index (χ4n) is 3.34. The summed E-state index contributed by atoms with van der Waals surface area (Å²) in [6.45, 7) is 7.44. The molecule has 1 aromatic carbocycles. The van der Waals surface area contributed by atoms with Gasteiger partial charge in [-0.15, -0.1) is 0 Å². The van der Waals surface area contributed by atoms with E-state index in [2.05, 4.69) is 15.1 Å². The lowest BCUT2D eigenvalue weighted by atomic mass is 10.2. The van der Waals surface area contributed by atoms with Crippen molar-refractivity contribution in [3.63, 3.8) is 0 Å². The minimum atomic E-state index is -0.284. The number of aromatic amines is 1. The van der Waals surface area contributed by atoms with E-state index in [0.29, 0.717) is 16.6 Å². The number of pyridine rings is 1. The Bertz CT molecular complexity index is 1270. The maximum Gasteiger partial charge on any atom is 0.283 e. The average Bonchev–Trinajstić information content (AvgIpc) is 2.92. The van der Waals surface area contributed by atoms with Gasteiger partial charge in [0.25, 0.3) is 17.1 Å². The van der Waals surface area contributed by atoms with Gasteiger partial charge in [-0.05, 0) is 45.9 Å². The fraction of sp³-hybridized carbons (Fsp3) is 0.200. The van der Waals surface area contributed by atoms with Gasteiger partial charge in [-0.25, -0.2) is 9.97 Å². The van der Waals surface area contributed by atoms with Gasteiger partial charge < -0.3 is 0 Å². The zero-order valence-electron chi connectivity index (χ0n) is 15.6. The Labute approximate surface area is 154 Å². The SMILES string of the molecule is Cc1ccc(-n2c(C)c3c(=O)n(-c4nc(C)cc(C)n4)[nH]c3cc2=O)cc1. The molecule has 0 saturated carbocycles. The monoisotopic (exact) mass is 361 g/mol. The Hall–Kier alpha value is -3.48. The van der Waals surface area contributed by atoms with E-state index in [1.54, 1.807) is 11.5 Å². The highest BCUT2D eigenvalue weighted by Gasteiger charge is 2.17. The number of hydrogen-bond donors (Lipinski definition) is 1. The maximum absolute atomic E-state index is 13.1. The van der Waals surface area contributed by atoms with Crippen LogP contribution < -0.4 is 11.1 Å². The first-order valence-electron chi connectivity index (χ1n) is 8.62. The van der Waals surface area contributed by atoms with Gasteiger partial charge in [0.05, 0.1) is 10.9 Å². The number of nitrogens with zero attached hydrogens (tertiary/aromatic N) is 4. The molecule has 136 valence electrons. The topological polar surface area (TPSA) is 85.6 Å². The molecule has 3 heterocycles. The number of aryl methyl sites for hydroxylation is 4. The van der Waals surface area contributed by atoms with Crippen LogP contribution in [0.1, 0.15) is 22.6 Å². The van der Waals surface area contributed by atoms with Crippen molar-refractivity contribution in [1.29, 1.82) is 0 Å². The van der Waals surface area contributed by atoms with E-state index in [-0.39, 0.29) is 17.1 Å². The third-order valence-electron chi connectivity index (χ3n) is 4.57. The van der Waals surface area contributed by atoms with Crippen LogP contribution in [0.3, 0.4) is 0 Å². The number of benzene rings is 1. The maximum atomic E-state index is 13.1. The first kappa shape index (κ1) is 17.0. The number of fused-ring (bicyclic) bond motifs is 1. The summed E-state index contributed by atoms with van der Waals surface area (Å²) in [7, 11) is 0. The predicted molar refractivity (Wildman–Crippen MR) is 104 cm³/mol. The first-order chi connectivity index (χ1) is 12.8. The minimum absolute atomic E-state index is 0.210. The van der Waals surface area contributed by atoms with Crippen molar-refractivity contribution in [2.24, 2.45) is 0 Å². The third kappa shape index (κ3) is 2.77. The lowest BCUT2D eigenvalue weighted by molar-refractivity contribution is 0.780. The molecule has 0 amide bonds. The fourth-order valence-corrected chi connectivity index (χ4v) is 3.34. The lowest BCUT2D eigenvalue weighted by Crippen LogP contribution is -2.22. The van der Waals surface area contributed by atoms with Crippen molar-refractivity contribution in [3.8, 4) is 11.6 Å². The molecular weight excluding hydrogens is 342 g/mol. The van der Waals surface area contributed by atoms with Crippen molar-refractivity contribution in [2.45, 2.75) is 27.7 Å². The Kier molecular flexibility index (Phi) is 3.80. The molecule has 4 rings (SSSR count). The second-order valence-electron chi connectivity index (χ2n) is 6.73. The molecule has 0 radical (unpaired) electrons. The van der Waals surface area contributed by atoms with Crippen LogP contribution in [0.15, 0.2) is 46.0 Å². The van der Waals surface area contributed by atoms with Gasteiger partial charge in [-0.2, -0.15) is 4.68 Å². The first-order valence-corrected chi connectivity index (χ1v) is 8.62. The van der Waals surface area contributed by atoms with Gasteiger partial charge >= 0.3 is 0 Å². The van der Waals surface area contributed by atoms with Gasteiger partial charge in [0.2, 0.25) is 0 Å². The summed E-state index contributed by atoms with van der Waals surface area (Å²) in [5.74, 6) is 0.266.